The molecule has 0 unspecified atom stereocenters. The van der Waals surface area contributed by atoms with E-state index in [1.807, 2.05) is 12.1 Å². The van der Waals surface area contributed by atoms with Crippen LogP contribution >= 0.6 is 23.2 Å². The van der Waals surface area contributed by atoms with Crippen molar-refractivity contribution >= 4 is 40.8 Å². The van der Waals surface area contributed by atoms with E-state index < -0.39 is 23.9 Å². The lowest BCUT2D eigenvalue weighted by Crippen LogP contribution is -2.44. The highest BCUT2D eigenvalue weighted by Gasteiger charge is 2.47. The number of nitrogens with one attached hydrogen (secondary N) is 1. The van der Waals surface area contributed by atoms with E-state index in [9.17, 15) is 9.59 Å². The summed E-state index contributed by atoms with van der Waals surface area (Å²) in [6, 6.07) is 12.2. The zero-order valence-electron chi connectivity index (χ0n) is 15.8. The van der Waals surface area contributed by atoms with Crippen molar-refractivity contribution in [3.8, 4) is 5.69 Å². The first-order chi connectivity index (χ1) is 14.5. The number of carbonyl (C=O) groups is 2. The Hall–Kier alpha value is -2.90. The number of esters is 1. The minimum absolute atomic E-state index is 0.405. The Morgan fingerprint density at radius 3 is 2.47 bits per heavy atom. The molecule has 1 amide bonds. The number of nitrogens with zero attached hydrogens (tertiary/aromatic N) is 3. The predicted octanol–water partition coefficient (Wildman–Crippen LogP) is 4.18. The summed E-state index contributed by atoms with van der Waals surface area (Å²) in [5.74, 6) is -0.883. The average Bonchev–Trinajstić information content (AvgIpc) is 3.21. The molecule has 1 aliphatic carbocycles. The highest BCUT2D eigenvalue weighted by Crippen LogP contribution is 2.45. The van der Waals surface area contributed by atoms with Crippen LogP contribution in [0.25, 0.3) is 5.69 Å². The summed E-state index contributed by atoms with van der Waals surface area (Å²) in [6.07, 6.45) is 5.18. The van der Waals surface area contributed by atoms with Gasteiger partial charge >= 0.3 is 5.97 Å². The molecule has 0 saturated heterocycles. The van der Waals surface area contributed by atoms with Crippen LogP contribution in [0.3, 0.4) is 0 Å². The van der Waals surface area contributed by atoms with Crippen LogP contribution in [0.15, 0.2) is 55.1 Å². The van der Waals surface area contributed by atoms with E-state index in [0.29, 0.717) is 34.3 Å². The van der Waals surface area contributed by atoms with Crippen molar-refractivity contribution in [2.75, 3.05) is 11.9 Å². The lowest BCUT2D eigenvalue weighted by molar-refractivity contribution is -0.156. The van der Waals surface area contributed by atoms with Crippen molar-refractivity contribution < 1.29 is 14.3 Å². The molecule has 1 saturated carbocycles. The van der Waals surface area contributed by atoms with E-state index in [1.165, 1.54) is 17.3 Å². The van der Waals surface area contributed by atoms with Gasteiger partial charge < -0.3 is 10.1 Å². The minimum atomic E-state index is -0.715. The predicted molar refractivity (Wildman–Crippen MR) is 113 cm³/mol. The average molecular weight is 445 g/mol. The number of halogens is 2. The van der Waals surface area contributed by atoms with Crippen molar-refractivity contribution in [2.24, 2.45) is 0 Å². The molecule has 0 spiro atoms. The van der Waals surface area contributed by atoms with Gasteiger partial charge in [0.15, 0.2) is 6.61 Å². The first kappa shape index (κ1) is 20.4. The molecule has 0 radical (unpaired) electrons. The molecule has 0 atom stereocenters. The van der Waals surface area contributed by atoms with Crippen molar-refractivity contribution in [1.82, 2.24) is 14.8 Å². The van der Waals surface area contributed by atoms with Gasteiger partial charge in [-0.15, -0.1) is 0 Å². The Morgan fingerprint density at radius 2 is 1.83 bits per heavy atom. The molecule has 1 N–H and O–H groups in total. The number of amides is 1. The molecule has 0 bridgehead atoms. The van der Waals surface area contributed by atoms with Crippen LogP contribution in [0.2, 0.25) is 10.0 Å². The van der Waals surface area contributed by atoms with Crippen molar-refractivity contribution in [3.05, 3.63) is 70.7 Å². The Balaban J connectivity index is 1.44. The van der Waals surface area contributed by atoms with Gasteiger partial charge in [0.2, 0.25) is 0 Å². The Labute approximate surface area is 183 Å². The lowest BCUT2D eigenvalue weighted by Gasteiger charge is -2.39. The molecule has 1 fully saturated rings. The van der Waals surface area contributed by atoms with Crippen LogP contribution in [-0.2, 0) is 19.7 Å². The highest BCUT2D eigenvalue weighted by atomic mass is 35.5. The van der Waals surface area contributed by atoms with E-state index in [2.05, 4.69) is 15.4 Å². The molecule has 2 aromatic carbocycles. The molecule has 4 rings (SSSR count). The van der Waals surface area contributed by atoms with E-state index >= 15 is 0 Å². The number of hydrogen-bond donors (Lipinski definition) is 1. The van der Waals surface area contributed by atoms with Crippen LogP contribution in [-0.4, -0.2) is 33.2 Å². The van der Waals surface area contributed by atoms with Gasteiger partial charge in [0, 0.05) is 10.0 Å². The van der Waals surface area contributed by atoms with Gasteiger partial charge in [-0.25, -0.2) is 9.67 Å². The highest BCUT2D eigenvalue weighted by molar-refractivity contribution is 6.31. The molecular weight excluding hydrogens is 427 g/mol. The standard InChI is InChI=1S/C21H18Cl2N4O3/c22-15-4-2-14(3-5-15)21(8-1-9-21)20(29)30-11-19(28)26-17-10-16(23)6-7-18(17)27-13-24-12-25-27/h2-7,10,12-13H,1,8-9,11H2,(H,26,28). The van der Waals surface area contributed by atoms with Crippen LogP contribution < -0.4 is 5.32 Å². The number of hydrogen-bond acceptors (Lipinski definition) is 5. The second-order valence-corrected chi connectivity index (χ2v) is 7.94. The Kier molecular flexibility index (Phi) is 5.74. The van der Waals surface area contributed by atoms with Gasteiger partial charge in [0.1, 0.15) is 12.7 Å². The SMILES string of the molecule is O=C(COC(=O)C1(c2ccc(Cl)cc2)CCC1)Nc1cc(Cl)ccc1-n1cncn1. The lowest BCUT2D eigenvalue weighted by atomic mass is 9.64. The van der Waals surface area contributed by atoms with Gasteiger partial charge in [0.25, 0.3) is 5.91 Å². The maximum Gasteiger partial charge on any atom is 0.317 e. The van der Waals surface area contributed by atoms with Crippen molar-refractivity contribution in [1.29, 1.82) is 0 Å². The summed E-state index contributed by atoms with van der Waals surface area (Å²) in [7, 11) is 0. The number of anilines is 1. The summed E-state index contributed by atoms with van der Waals surface area (Å²) < 4.78 is 6.88. The van der Waals surface area contributed by atoms with E-state index in [0.717, 1.165) is 12.0 Å². The molecule has 30 heavy (non-hydrogen) atoms. The normalized spacial score (nSPS) is 14.6. The third-order valence-corrected chi connectivity index (χ3v) is 5.71. The second kappa shape index (κ2) is 8.45. The van der Waals surface area contributed by atoms with Crippen LogP contribution in [0, 0.1) is 0 Å². The van der Waals surface area contributed by atoms with Gasteiger partial charge in [-0.2, -0.15) is 5.10 Å². The molecule has 154 valence electrons. The monoisotopic (exact) mass is 444 g/mol. The number of ether oxygens (including phenoxy) is 1. The number of carbonyl (C=O) groups excluding carboxylic acids is 2. The van der Waals surface area contributed by atoms with Crippen LogP contribution in [0.1, 0.15) is 24.8 Å². The fourth-order valence-electron chi connectivity index (χ4n) is 3.51. The van der Waals surface area contributed by atoms with Crippen molar-refractivity contribution in [3.63, 3.8) is 0 Å². The number of rotatable bonds is 6. The molecule has 1 heterocycles. The topological polar surface area (TPSA) is 86.1 Å². The van der Waals surface area contributed by atoms with Gasteiger partial charge in [0.05, 0.1) is 16.8 Å². The quantitative estimate of drug-likeness (QED) is 0.576. The van der Waals surface area contributed by atoms with E-state index in [1.54, 1.807) is 30.3 Å². The zero-order valence-corrected chi connectivity index (χ0v) is 17.4. The molecule has 7 nitrogen and oxygen atoms in total. The Bertz CT molecular complexity index is 1060. The third-order valence-electron chi connectivity index (χ3n) is 5.23. The Morgan fingerprint density at radius 1 is 1.10 bits per heavy atom. The van der Waals surface area contributed by atoms with Gasteiger partial charge in [-0.05, 0) is 48.7 Å². The molecule has 9 heteroatoms. The fraction of sp³-hybridized carbons (Fsp3) is 0.238. The number of benzene rings is 2. The summed E-state index contributed by atoms with van der Waals surface area (Å²) >= 11 is 12.0. The third kappa shape index (κ3) is 4.04. The van der Waals surface area contributed by atoms with Crippen LogP contribution in [0.4, 0.5) is 5.69 Å². The molecule has 1 aromatic heterocycles. The van der Waals surface area contributed by atoms with Crippen LogP contribution in [0.5, 0.6) is 0 Å². The molecular formula is C21H18Cl2N4O3. The summed E-state index contributed by atoms with van der Waals surface area (Å²) in [6.45, 7) is -0.405. The van der Waals surface area contributed by atoms with E-state index in [-0.39, 0.29) is 0 Å². The smallest absolute Gasteiger partial charge is 0.317 e. The van der Waals surface area contributed by atoms with E-state index in [4.69, 9.17) is 27.9 Å². The second-order valence-electron chi connectivity index (χ2n) is 7.07. The fourth-order valence-corrected chi connectivity index (χ4v) is 3.80. The molecule has 1 aliphatic rings. The summed E-state index contributed by atoms with van der Waals surface area (Å²) in [5, 5.41) is 7.84. The maximum absolute atomic E-state index is 12.8. The molecule has 0 aliphatic heterocycles. The first-order valence-corrected chi connectivity index (χ1v) is 10.1. The summed E-state index contributed by atoms with van der Waals surface area (Å²) in [5.41, 5.74) is 1.16. The minimum Gasteiger partial charge on any atom is -0.455 e. The maximum atomic E-state index is 12.8. The zero-order chi connectivity index (χ0) is 21.1. The van der Waals surface area contributed by atoms with Gasteiger partial charge in [-0.1, -0.05) is 41.8 Å². The molecule has 3 aromatic rings. The largest absolute Gasteiger partial charge is 0.455 e. The summed E-state index contributed by atoms with van der Waals surface area (Å²) in [4.78, 5) is 29.2. The number of aromatic nitrogens is 3. The van der Waals surface area contributed by atoms with Crippen molar-refractivity contribution in [2.45, 2.75) is 24.7 Å². The van der Waals surface area contributed by atoms with Gasteiger partial charge in [-0.3, -0.25) is 9.59 Å². The first-order valence-electron chi connectivity index (χ1n) is 9.36.